The molecule has 0 fully saturated rings. The maximum Gasteiger partial charge on any atom is 0.126 e. The van der Waals surface area contributed by atoms with E-state index in [0.29, 0.717) is 11.4 Å². The number of hydrogen-bond donors (Lipinski definition) is 1. The van der Waals surface area contributed by atoms with Gasteiger partial charge in [-0.1, -0.05) is 0 Å². The Morgan fingerprint density at radius 2 is 2.15 bits per heavy atom. The molecule has 0 radical (unpaired) electrons. The van der Waals surface area contributed by atoms with E-state index in [9.17, 15) is 4.39 Å². The number of aromatic nitrogens is 1. The number of nitrogens with two attached hydrogens (primary N) is 1. The molecule has 0 bridgehead atoms. The third-order valence-electron chi connectivity index (χ3n) is 2.60. The normalized spacial score (nSPS) is 10.8. The molecule has 2 aromatic heterocycles. The van der Waals surface area contributed by atoms with Crippen LogP contribution < -0.4 is 5.73 Å². The van der Waals surface area contributed by atoms with Crippen LogP contribution in [0.2, 0.25) is 0 Å². The van der Waals surface area contributed by atoms with Crippen molar-refractivity contribution in [2.24, 2.45) is 0 Å². The van der Waals surface area contributed by atoms with Crippen LogP contribution in [0.25, 0.3) is 10.6 Å². The second kappa shape index (κ2) is 5.95. The summed E-state index contributed by atoms with van der Waals surface area (Å²) >= 11 is 4.83. The zero-order valence-corrected chi connectivity index (χ0v) is 12.8. The van der Waals surface area contributed by atoms with Gasteiger partial charge in [-0.25, -0.2) is 9.37 Å². The fraction of sp³-hybridized carbons (Fsp3) is 0.0714. The molecule has 3 aromatic rings. The molecule has 0 amide bonds. The van der Waals surface area contributed by atoms with Crippen molar-refractivity contribution in [3.05, 3.63) is 51.9 Å². The Kier molecular flexibility index (Phi) is 4.05. The van der Waals surface area contributed by atoms with Crippen LogP contribution in [0.3, 0.4) is 0 Å². The highest BCUT2D eigenvalue weighted by Gasteiger charge is 2.06. The summed E-state index contributed by atoms with van der Waals surface area (Å²) in [6.45, 7) is 0. The number of halogens is 1. The van der Waals surface area contributed by atoms with Gasteiger partial charge in [-0.15, -0.1) is 23.1 Å². The summed E-state index contributed by atoms with van der Waals surface area (Å²) in [5, 5.41) is 7.20. The lowest BCUT2D eigenvalue weighted by atomic mass is 10.3. The zero-order chi connectivity index (χ0) is 13.9. The predicted molar refractivity (Wildman–Crippen MR) is 85.8 cm³/mol. The Morgan fingerprint density at radius 3 is 2.90 bits per heavy atom. The van der Waals surface area contributed by atoms with Crippen LogP contribution in [-0.2, 0) is 5.75 Å². The summed E-state index contributed by atoms with van der Waals surface area (Å²) in [7, 11) is 0. The number of anilines is 1. The Balaban J connectivity index is 1.69. The maximum absolute atomic E-state index is 13.2. The van der Waals surface area contributed by atoms with Crippen LogP contribution in [-0.4, -0.2) is 4.98 Å². The minimum atomic E-state index is -0.301. The summed E-state index contributed by atoms with van der Waals surface area (Å²) in [5.74, 6) is 0.411. The summed E-state index contributed by atoms with van der Waals surface area (Å²) < 4.78 is 13.2. The van der Waals surface area contributed by atoms with Gasteiger partial charge in [-0.3, -0.25) is 0 Å². The van der Waals surface area contributed by atoms with Crippen molar-refractivity contribution in [1.82, 2.24) is 4.98 Å². The number of thiazole rings is 1. The van der Waals surface area contributed by atoms with E-state index in [1.54, 1.807) is 28.7 Å². The molecule has 0 aliphatic rings. The molecule has 2 N–H and O–H groups in total. The van der Waals surface area contributed by atoms with Gasteiger partial charge >= 0.3 is 0 Å². The quantitative estimate of drug-likeness (QED) is 0.549. The molecule has 0 unspecified atom stereocenters. The molecule has 0 saturated heterocycles. The fourth-order valence-corrected chi connectivity index (χ4v) is 4.23. The first-order valence-electron chi connectivity index (χ1n) is 5.86. The van der Waals surface area contributed by atoms with E-state index < -0.39 is 0 Å². The van der Waals surface area contributed by atoms with Gasteiger partial charge in [-0.2, -0.15) is 11.3 Å². The zero-order valence-electron chi connectivity index (χ0n) is 10.4. The van der Waals surface area contributed by atoms with Gasteiger partial charge in [0.05, 0.1) is 5.69 Å². The number of nitrogens with zero attached hydrogens (tertiary/aromatic N) is 1. The lowest BCUT2D eigenvalue weighted by Gasteiger charge is -2.01. The van der Waals surface area contributed by atoms with E-state index in [-0.39, 0.29) is 5.82 Å². The smallest absolute Gasteiger partial charge is 0.126 e. The molecule has 0 aliphatic carbocycles. The highest BCUT2D eigenvalue weighted by Crippen LogP contribution is 2.29. The van der Waals surface area contributed by atoms with Crippen molar-refractivity contribution in [1.29, 1.82) is 0 Å². The third-order valence-corrected chi connectivity index (χ3v) is 5.23. The van der Waals surface area contributed by atoms with E-state index in [1.807, 2.05) is 10.8 Å². The number of thiophene rings is 1. The van der Waals surface area contributed by atoms with Gasteiger partial charge in [0.2, 0.25) is 0 Å². The fourth-order valence-electron chi connectivity index (χ4n) is 1.72. The van der Waals surface area contributed by atoms with Crippen LogP contribution in [0.15, 0.2) is 45.3 Å². The van der Waals surface area contributed by atoms with Gasteiger partial charge in [-0.05, 0) is 29.6 Å². The van der Waals surface area contributed by atoms with Gasteiger partial charge in [0.15, 0.2) is 0 Å². The van der Waals surface area contributed by atoms with Gasteiger partial charge in [0.25, 0.3) is 0 Å². The van der Waals surface area contributed by atoms with Crippen molar-refractivity contribution >= 4 is 40.1 Å². The van der Waals surface area contributed by atoms with Crippen molar-refractivity contribution in [3.63, 3.8) is 0 Å². The van der Waals surface area contributed by atoms with E-state index in [2.05, 4.69) is 16.4 Å². The molecule has 102 valence electrons. The van der Waals surface area contributed by atoms with Crippen molar-refractivity contribution in [3.8, 4) is 10.6 Å². The van der Waals surface area contributed by atoms with Crippen LogP contribution >= 0.6 is 34.4 Å². The summed E-state index contributed by atoms with van der Waals surface area (Å²) in [6.07, 6.45) is 0. The highest BCUT2D eigenvalue weighted by atomic mass is 32.2. The Hall–Kier alpha value is -1.37. The average Bonchev–Trinajstić information content (AvgIpc) is 3.06. The Bertz CT molecular complexity index is 687. The number of nitrogen functional groups attached to an aromatic ring is 1. The number of thioether (sulfide) groups is 1. The molecule has 0 aliphatic heterocycles. The first-order chi connectivity index (χ1) is 9.70. The second-order valence-corrected chi connectivity index (χ2v) is 6.85. The lowest BCUT2D eigenvalue weighted by Crippen LogP contribution is -1.88. The molecule has 6 heteroatoms. The standard InChI is InChI=1S/C14H11FN2S3/c15-10-3-11(16)5-13(4-10)19-7-12-8-20-14(17-12)9-1-2-18-6-9/h1-6,8H,7,16H2. The van der Waals surface area contributed by atoms with E-state index in [4.69, 9.17) is 5.73 Å². The number of benzene rings is 1. The van der Waals surface area contributed by atoms with Crippen LogP contribution in [0, 0.1) is 5.82 Å². The van der Waals surface area contributed by atoms with Crippen molar-refractivity contribution < 1.29 is 4.39 Å². The van der Waals surface area contributed by atoms with Gasteiger partial charge < -0.3 is 5.73 Å². The van der Waals surface area contributed by atoms with E-state index >= 15 is 0 Å². The van der Waals surface area contributed by atoms with Crippen LogP contribution in [0.1, 0.15) is 5.69 Å². The third kappa shape index (κ3) is 3.20. The lowest BCUT2D eigenvalue weighted by molar-refractivity contribution is 0.625. The Labute approximate surface area is 128 Å². The molecular formula is C14H11FN2S3. The first kappa shape index (κ1) is 13.6. The maximum atomic E-state index is 13.2. The number of rotatable bonds is 4. The number of hydrogen-bond acceptors (Lipinski definition) is 5. The van der Waals surface area contributed by atoms with Gasteiger partial charge in [0, 0.05) is 32.7 Å². The minimum Gasteiger partial charge on any atom is -0.399 e. The molecule has 1 aromatic carbocycles. The van der Waals surface area contributed by atoms with Gasteiger partial charge in [0.1, 0.15) is 10.8 Å². The molecule has 2 nitrogen and oxygen atoms in total. The molecule has 0 atom stereocenters. The second-order valence-electron chi connectivity index (χ2n) is 4.16. The molecule has 0 spiro atoms. The average molecular weight is 322 g/mol. The predicted octanol–water partition coefficient (Wildman–Crippen LogP) is 4.89. The molecule has 20 heavy (non-hydrogen) atoms. The minimum absolute atomic E-state index is 0.301. The van der Waals surface area contributed by atoms with E-state index in [1.165, 1.54) is 23.9 Å². The monoisotopic (exact) mass is 322 g/mol. The molecule has 3 rings (SSSR count). The van der Waals surface area contributed by atoms with Crippen molar-refractivity contribution in [2.75, 3.05) is 5.73 Å². The SMILES string of the molecule is Nc1cc(F)cc(SCc2csc(-c3ccsc3)n2)c1. The first-order valence-corrected chi connectivity index (χ1v) is 8.67. The van der Waals surface area contributed by atoms with Crippen LogP contribution in [0.4, 0.5) is 10.1 Å². The highest BCUT2D eigenvalue weighted by molar-refractivity contribution is 7.98. The summed E-state index contributed by atoms with van der Waals surface area (Å²) in [6, 6.07) is 6.66. The summed E-state index contributed by atoms with van der Waals surface area (Å²) in [5.41, 5.74) is 8.24. The summed E-state index contributed by atoms with van der Waals surface area (Å²) in [4.78, 5) is 5.42. The molecule has 0 saturated carbocycles. The Morgan fingerprint density at radius 1 is 1.25 bits per heavy atom. The molecule has 2 heterocycles. The topological polar surface area (TPSA) is 38.9 Å². The van der Waals surface area contributed by atoms with Crippen LogP contribution in [0.5, 0.6) is 0 Å². The largest absolute Gasteiger partial charge is 0.399 e. The van der Waals surface area contributed by atoms with E-state index in [0.717, 1.165) is 21.2 Å². The molecular weight excluding hydrogens is 311 g/mol. The van der Waals surface area contributed by atoms with Crippen molar-refractivity contribution in [2.45, 2.75) is 10.6 Å².